The van der Waals surface area contributed by atoms with Crippen molar-refractivity contribution >= 4 is 40.5 Å². The molecule has 2 rings (SSSR count). The lowest BCUT2D eigenvalue weighted by molar-refractivity contribution is 0.101. The molecule has 20 heavy (non-hydrogen) atoms. The summed E-state index contributed by atoms with van der Waals surface area (Å²) in [4.78, 5) is 12.3. The van der Waals surface area contributed by atoms with Crippen molar-refractivity contribution in [1.29, 1.82) is 0 Å². The lowest BCUT2D eigenvalue weighted by Gasteiger charge is -2.10. The average Bonchev–Trinajstić information content (AvgIpc) is 2.75. The molecule has 0 aliphatic heterocycles. The van der Waals surface area contributed by atoms with Crippen molar-refractivity contribution in [2.24, 2.45) is 0 Å². The Morgan fingerprint density at radius 3 is 2.80 bits per heavy atom. The summed E-state index contributed by atoms with van der Waals surface area (Å²) in [6.07, 6.45) is 2.66. The number of benzene rings is 1. The molecule has 0 bridgehead atoms. The molecule has 3 N–H and O–H groups in total. The van der Waals surface area contributed by atoms with Gasteiger partial charge in [-0.1, -0.05) is 30.1 Å². The van der Waals surface area contributed by atoms with Gasteiger partial charge in [-0.3, -0.25) is 4.79 Å². The van der Waals surface area contributed by atoms with Crippen molar-refractivity contribution < 1.29 is 4.79 Å². The summed E-state index contributed by atoms with van der Waals surface area (Å²) < 4.78 is 1.82. The van der Waals surface area contributed by atoms with Crippen molar-refractivity contribution in [2.45, 2.75) is 19.9 Å². The van der Waals surface area contributed by atoms with E-state index in [1.807, 2.05) is 11.5 Å². The van der Waals surface area contributed by atoms with Crippen LogP contribution in [-0.2, 0) is 6.54 Å². The summed E-state index contributed by atoms with van der Waals surface area (Å²) in [6, 6.07) is 6.55. The van der Waals surface area contributed by atoms with Crippen molar-refractivity contribution in [3.05, 3.63) is 46.2 Å². The van der Waals surface area contributed by atoms with Crippen LogP contribution in [0.1, 0.15) is 23.8 Å². The molecule has 0 unspecified atom stereocenters. The molecule has 0 spiro atoms. The van der Waals surface area contributed by atoms with Gasteiger partial charge in [0.2, 0.25) is 0 Å². The van der Waals surface area contributed by atoms with Gasteiger partial charge < -0.3 is 15.6 Å². The fourth-order valence-electron chi connectivity index (χ4n) is 1.93. The quantitative estimate of drug-likeness (QED) is 0.895. The van der Waals surface area contributed by atoms with Crippen LogP contribution in [0.2, 0.25) is 10.0 Å². The molecule has 106 valence electrons. The van der Waals surface area contributed by atoms with Gasteiger partial charge in [0.25, 0.3) is 5.91 Å². The molecule has 1 aromatic carbocycles. The highest BCUT2D eigenvalue weighted by Crippen LogP contribution is 2.26. The number of hydrogen-bond donors (Lipinski definition) is 2. The second kappa shape index (κ2) is 6.20. The number of nitrogens with one attached hydrogen (secondary N) is 1. The number of nitrogens with two attached hydrogens (primary N) is 1. The van der Waals surface area contributed by atoms with Gasteiger partial charge in [-0.2, -0.15) is 0 Å². The molecule has 0 aliphatic rings. The lowest BCUT2D eigenvalue weighted by atomic mass is 10.3. The zero-order valence-corrected chi connectivity index (χ0v) is 12.5. The summed E-state index contributed by atoms with van der Waals surface area (Å²) in [5.41, 5.74) is 7.28. The maximum atomic E-state index is 12.3. The Kier molecular flexibility index (Phi) is 4.57. The minimum Gasteiger partial charge on any atom is -0.397 e. The van der Waals surface area contributed by atoms with Crippen LogP contribution in [0, 0.1) is 0 Å². The molecule has 1 amide bonds. The van der Waals surface area contributed by atoms with E-state index in [0.29, 0.717) is 27.1 Å². The lowest BCUT2D eigenvalue weighted by Crippen LogP contribution is -2.17. The third-order valence-electron chi connectivity index (χ3n) is 2.79. The Labute approximate surface area is 127 Å². The molecule has 0 saturated carbocycles. The van der Waals surface area contributed by atoms with E-state index >= 15 is 0 Å². The van der Waals surface area contributed by atoms with E-state index in [0.717, 1.165) is 13.0 Å². The van der Waals surface area contributed by atoms with Gasteiger partial charge in [-0.15, -0.1) is 0 Å². The summed E-state index contributed by atoms with van der Waals surface area (Å²) in [7, 11) is 0. The third-order valence-corrected chi connectivity index (χ3v) is 3.36. The molecular formula is C14H15Cl2N3O. The number of carbonyl (C=O) groups excluding carboxylic acids is 1. The molecule has 0 radical (unpaired) electrons. The second-order valence-electron chi connectivity index (χ2n) is 4.43. The number of halogens is 2. The molecule has 0 saturated heterocycles. The highest BCUT2D eigenvalue weighted by molar-refractivity contribution is 6.35. The van der Waals surface area contributed by atoms with Crippen LogP contribution in [-0.4, -0.2) is 10.5 Å². The van der Waals surface area contributed by atoms with Crippen molar-refractivity contribution in [2.75, 3.05) is 11.1 Å². The van der Waals surface area contributed by atoms with Crippen molar-refractivity contribution in [3.8, 4) is 0 Å². The fraction of sp³-hybridized carbons (Fsp3) is 0.214. The number of amides is 1. The minimum atomic E-state index is -0.265. The largest absolute Gasteiger partial charge is 0.397 e. The normalized spacial score (nSPS) is 10.6. The van der Waals surface area contributed by atoms with E-state index in [1.165, 1.54) is 0 Å². The molecular weight excluding hydrogens is 297 g/mol. The van der Waals surface area contributed by atoms with E-state index in [1.54, 1.807) is 30.5 Å². The number of carbonyl (C=O) groups is 1. The standard InChI is InChI=1S/C14H15Cl2N3O/c1-2-5-19-8-10(17)7-13(19)14(20)18-12-6-9(15)3-4-11(12)16/h3-4,6-8H,2,5,17H2,1H3,(H,18,20). The summed E-state index contributed by atoms with van der Waals surface area (Å²) in [5, 5.41) is 3.69. The van der Waals surface area contributed by atoms with Crippen LogP contribution >= 0.6 is 23.2 Å². The van der Waals surface area contributed by atoms with E-state index in [2.05, 4.69) is 5.32 Å². The third kappa shape index (κ3) is 3.26. The fourth-order valence-corrected chi connectivity index (χ4v) is 2.27. The van der Waals surface area contributed by atoms with Crippen LogP contribution in [0.15, 0.2) is 30.5 Å². The second-order valence-corrected chi connectivity index (χ2v) is 5.27. The predicted octanol–water partition coefficient (Wildman–Crippen LogP) is 4.04. The Bertz CT molecular complexity index is 637. The van der Waals surface area contributed by atoms with Crippen LogP contribution in [0.4, 0.5) is 11.4 Å². The smallest absolute Gasteiger partial charge is 0.272 e. The maximum absolute atomic E-state index is 12.3. The monoisotopic (exact) mass is 311 g/mol. The Morgan fingerprint density at radius 2 is 2.10 bits per heavy atom. The Hall–Kier alpha value is -1.65. The molecule has 2 aromatic rings. The van der Waals surface area contributed by atoms with Gasteiger partial charge in [0.1, 0.15) is 5.69 Å². The van der Waals surface area contributed by atoms with E-state index < -0.39 is 0 Å². The number of rotatable bonds is 4. The topological polar surface area (TPSA) is 60.0 Å². The first-order valence-electron chi connectivity index (χ1n) is 6.23. The first-order valence-corrected chi connectivity index (χ1v) is 6.99. The highest BCUT2D eigenvalue weighted by atomic mass is 35.5. The number of nitrogen functional groups attached to an aromatic ring is 1. The van der Waals surface area contributed by atoms with Gasteiger partial charge in [-0.25, -0.2) is 0 Å². The van der Waals surface area contributed by atoms with Gasteiger partial charge in [-0.05, 0) is 30.7 Å². The van der Waals surface area contributed by atoms with Crippen molar-refractivity contribution in [3.63, 3.8) is 0 Å². The molecule has 4 nitrogen and oxygen atoms in total. The average molecular weight is 312 g/mol. The Morgan fingerprint density at radius 1 is 1.35 bits per heavy atom. The van der Waals surface area contributed by atoms with Gasteiger partial charge >= 0.3 is 0 Å². The molecule has 6 heteroatoms. The van der Waals surface area contributed by atoms with E-state index in [4.69, 9.17) is 28.9 Å². The van der Waals surface area contributed by atoms with Gasteiger partial charge in [0.15, 0.2) is 0 Å². The van der Waals surface area contributed by atoms with Crippen LogP contribution in [0.25, 0.3) is 0 Å². The van der Waals surface area contributed by atoms with Gasteiger partial charge in [0, 0.05) is 17.8 Å². The van der Waals surface area contributed by atoms with Crippen LogP contribution < -0.4 is 11.1 Å². The van der Waals surface area contributed by atoms with E-state index in [9.17, 15) is 4.79 Å². The minimum absolute atomic E-state index is 0.265. The zero-order chi connectivity index (χ0) is 14.7. The summed E-state index contributed by atoms with van der Waals surface area (Å²) in [6.45, 7) is 2.76. The zero-order valence-electron chi connectivity index (χ0n) is 11.0. The summed E-state index contributed by atoms with van der Waals surface area (Å²) in [5.74, 6) is -0.265. The number of anilines is 2. The van der Waals surface area contributed by atoms with Crippen LogP contribution in [0.3, 0.4) is 0 Å². The highest BCUT2D eigenvalue weighted by Gasteiger charge is 2.14. The number of aromatic nitrogens is 1. The Balaban J connectivity index is 2.26. The molecule has 0 atom stereocenters. The first-order chi connectivity index (χ1) is 9.51. The van der Waals surface area contributed by atoms with Crippen molar-refractivity contribution in [1.82, 2.24) is 4.57 Å². The molecule has 1 aromatic heterocycles. The number of hydrogen-bond acceptors (Lipinski definition) is 2. The first kappa shape index (κ1) is 14.8. The van der Waals surface area contributed by atoms with Gasteiger partial charge in [0.05, 0.1) is 16.4 Å². The van der Waals surface area contributed by atoms with Crippen LogP contribution in [0.5, 0.6) is 0 Å². The summed E-state index contributed by atoms with van der Waals surface area (Å²) >= 11 is 11.9. The van der Waals surface area contributed by atoms with E-state index in [-0.39, 0.29) is 5.91 Å². The SMILES string of the molecule is CCCn1cc(N)cc1C(=O)Nc1cc(Cl)ccc1Cl. The number of aryl methyl sites for hydroxylation is 1. The molecule has 1 heterocycles. The predicted molar refractivity (Wildman–Crippen MR) is 83.6 cm³/mol. The molecule has 0 fully saturated rings. The maximum Gasteiger partial charge on any atom is 0.272 e. The number of nitrogens with zero attached hydrogens (tertiary/aromatic N) is 1. The molecule has 0 aliphatic carbocycles.